The van der Waals surface area contributed by atoms with E-state index in [9.17, 15) is 0 Å². The molecule has 0 atom stereocenters. The van der Waals surface area contributed by atoms with Gasteiger partial charge in [0.1, 0.15) is 5.75 Å². The third-order valence-electron chi connectivity index (χ3n) is 1.73. The maximum absolute atomic E-state index is 9.13. The van der Waals surface area contributed by atoms with Crippen molar-refractivity contribution < 1.29 is 15.0 Å². The van der Waals surface area contributed by atoms with Crippen molar-refractivity contribution in [3.05, 3.63) is 42.5 Å². The molecule has 2 N–H and O–H groups in total. The third-order valence-corrected chi connectivity index (χ3v) is 1.73. The molecule has 0 fully saturated rings. The molecule has 0 bridgehead atoms. The summed E-state index contributed by atoms with van der Waals surface area (Å²) in [4.78, 5) is 8.36. The van der Waals surface area contributed by atoms with Gasteiger partial charge in [-0.25, -0.2) is 0 Å². The van der Waals surface area contributed by atoms with Crippen LogP contribution in [-0.2, 0) is 4.79 Å². The predicted molar refractivity (Wildman–Crippen MR) is 54.3 cm³/mol. The zero-order chi connectivity index (χ0) is 10.4. The Kier molecular flexibility index (Phi) is 3.49. The van der Waals surface area contributed by atoms with E-state index in [4.69, 9.17) is 15.0 Å². The predicted octanol–water partition coefficient (Wildman–Crippen LogP) is 2.25. The second-order valence-electron chi connectivity index (χ2n) is 2.64. The van der Waals surface area contributed by atoms with E-state index in [1.807, 2.05) is 30.3 Å². The number of carbonyl (C=O) groups is 1. The molecule has 0 aliphatic heterocycles. The Hall–Kier alpha value is -2.03. The van der Waals surface area contributed by atoms with Crippen LogP contribution in [0.1, 0.15) is 0 Å². The van der Waals surface area contributed by atoms with Crippen molar-refractivity contribution in [2.75, 3.05) is 0 Å². The number of hydrogen-bond donors (Lipinski definition) is 2. The highest BCUT2D eigenvalue weighted by atomic mass is 16.3. The van der Waals surface area contributed by atoms with Crippen LogP contribution >= 0.6 is 0 Å². The fourth-order valence-electron chi connectivity index (χ4n) is 1.18. The quantitative estimate of drug-likeness (QED) is 0.626. The molecular formula is C11H10O3. The Morgan fingerprint density at radius 1 is 1.00 bits per heavy atom. The van der Waals surface area contributed by atoms with Crippen LogP contribution in [0.15, 0.2) is 42.5 Å². The van der Waals surface area contributed by atoms with Crippen LogP contribution in [0.3, 0.4) is 0 Å². The average molecular weight is 190 g/mol. The second-order valence-corrected chi connectivity index (χ2v) is 2.64. The first kappa shape index (κ1) is 10.1. The van der Waals surface area contributed by atoms with Crippen LogP contribution in [-0.4, -0.2) is 16.7 Å². The number of benzene rings is 2. The number of aromatic hydroxyl groups is 1. The van der Waals surface area contributed by atoms with Crippen molar-refractivity contribution in [3.63, 3.8) is 0 Å². The minimum Gasteiger partial charge on any atom is -0.508 e. The van der Waals surface area contributed by atoms with Crippen LogP contribution in [0.4, 0.5) is 0 Å². The average Bonchev–Trinajstić information content (AvgIpc) is 2.19. The van der Waals surface area contributed by atoms with Gasteiger partial charge in [-0.3, -0.25) is 4.79 Å². The summed E-state index contributed by atoms with van der Waals surface area (Å²) in [5.74, 6) is 0.323. The van der Waals surface area contributed by atoms with Gasteiger partial charge in [0.15, 0.2) is 0 Å². The van der Waals surface area contributed by atoms with Gasteiger partial charge >= 0.3 is 0 Å². The monoisotopic (exact) mass is 190 g/mol. The Labute approximate surface area is 81.2 Å². The molecule has 2 aromatic carbocycles. The minimum absolute atomic E-state index is 0.250. The first-order valence-electron chi connectivity index (χ1n) is 4.03. The van der Waals surface area contributed by atoms with Crippen LogP contribution in [0, 0.1) is 0 Å². The van der Waals surface area contributed by atoms with Crippen molar-refractivity contribution in [2.24, 2.45) is 0 Å². The van der Waals surface area contributed by atoms with E-state index in [-0.39, 0.29) is 6.47 Å². The molecule has 14 heavy (non-hydrogen) atoms. The van der Waals surface area contributed by atoms with E-state index in [1.165, 1.54) is 0 Å². The molecule has 0 aliphatic rings. The SMILES string of the molecule is O=CO.Oc1ccc2ccccc2c1. The Bertz CT molecular complexity index is 424. The highest BCUT2D eigenvalue weighted by Crippen LogP contribution is 2.18. The summed E-state index contributed by atoms with van der Waals surface area (Å²) < 4.78 is 0. The van der Waals surface area contributed by atoms with Crippen molar-refractivity contribution in [1.82, 2.24) is 0 Å². The van der Waals surface area contributed by atoms with Gasteiger partial charge in [0, 0.05) is 0 Å². The number of phenols is 1. The largest absolute Gasteiger partial charge is 0.508 e. The molecular weight excluding hydrogens is 180 g/mol. The lowest BCUT2D eigenvalue weighted by molar-refractivity contribution is -0.122. The van der Waals surface area contributed by atoms with Crippen molar-refractivity contribution in [1.29, 1.82) is 0 Å². The van der Waals surface area contributed by atoms with E-state index in [0.29, 0.717) is 5.75 Å². The molecule has 0 unspecified atom stereocenters. The van der Waals surface area contributed by atoms with Crippen LogP contribution < -0.4 is 0 Å². The Morgan fingerprint density at radius 3 is 2.21 bits per heavy atom. The molecule has 2 aromatic rings. The van der Waals surface area contributed by atoms with E-state index >= 15 is 0 Å². The van der Waals surface area contributed by atoms with Gasteiger partial charge in [-0.1, -0.05) is 30.3 Å². The molecule has 0 radical (unpaired) electrons. The fraction of sp³-hybridized carbons (Fsp3) is 0. The maximum atomic E-state index is 9.13. The summed E-state index contributed by atoms with van der Waals surface area (Å²) >= 11 is 0. The van der Waals surface area contributed by atoms with Crippen LogP contribution in [0.25, 0.3) is 10.8 Å². The summed E-state index contributed by atoms with van der Waals surface area (Å²) in [6.45, 7) is -0.250. The molecule has 3 heteroatoms. The van der Waals surface area contributed by atoms with E-state index in [0.717, 1.165) is 10.8 Å². The molecule has 3 nitrogen and oxygen atoms in total. The first-order valence-corrected chi connectivity index (χ1v) is 4.03. The van der Waals surface area contributed by atoms with Crippen molar-refractivity contribution >= 4 is 17.2 Å². The number of rotatable bonds is 0. The fourth-order valence-corrected chi connectivity index (χ4v) is 1.18. The highest BCUT2D eigenvalue weighted by molar-refractivity contribution is 5.83. The lowest BCUT2D eigenvalue weighted by Crippen LogP contribution is -1.69. The van der Waals surface area contributed by atoms with E-state index < -0.39 is 0 Å². The Balaban J connectivity index is 0.000000293. The minimum atomic E-state index is -0.250. The zero-order valence-corrected chi connectivity index (χ0v) is 7.42. The lowest BCUT2D eigenvalue weighted by atomic mass is 10.1. The number of fused-ring (bicyclic) bond motifs is 1. The topological polar surface area (TPSA) is 57.5 Å². The van der Waals surface area contributed by atoms with Gasteiger partial charge in [-0.05, 0) is 22.9 Å². The normalized spacial score (nSPS) is 8.86. The van der Waals surface area contributed by atoms with Crippen molar-refractivity contribution in [2.45, 2.75) is 0 Å². The van der Waals surface area contributed by atoms with Gasteiger partial charge in [0.2, 0.25) is 0 Å². The molecule has 0 amide bonds. The smallest absolute Gasteiger partial charge is 0.290 e. The standard InChI is InChI=1S/C10H8O.CH2O2/c11-10-6-5-8-3-1-2-4-9(8)7-10;2-1-3/h1-7,11H;1H,(H,2,3). The summed E-state index contributed by atoms with van der Waals surface area (Å²) in [6.07, 6.45) is 0. The molecule has 0 aromatic heterocycles. The molecule has 0 spiro atoms. The lowest BCUT2D eigenvalue weighted by Gasteiger charge is -1.96. The zero-order valence-electron chi connectivity index (χ0n) is 7.42. The Morgan fingerprint density at radius 2 is 1.57 bits per heavy atom. The van der Waals surface area contributed by atoms with Gasteiger partial charge in [-0.15, -0.1) is 0 Å². The molecule has 0 heterocycles. The third kappa shape index (κ3) is 2.48. The summed E-state index contributed by atoms with van der Waals surface area (Å²) in [6, 6.07) is 13.3. The molecule has 72 valence electrons. The second kappa shape index (κ2) is 4.87. The maximum Gasteiger partial charge on any atom is 0.290 e. The van der Waals surface area contributed by atoms with Crippen LogP contribution in [0.5, 0.6) is 5.75 Å². The van der Waals surface area contributed by atoms with Gasteiger partial charge in [-0.2, -0.15) is 0 Å². The van der Waals surface area contributed by atoms with Crippen molar-refractivity contribution in [3.8, 4) is 5.75 Å². The number of phenolic OH excluding ortho intramolecular Hbond substituents is 1. The molecule has 0 saturated heterocycles. The summed E-state index contributed by atoms with van der Waals surface area (Å²) in [5.41, 5.74) is 0. The van der Waals surface area contributed by atoms with Gasteiger partial charge < -0.3 is 10.2 Å². The first-order chi connectivity index (χ1) is 6.77. The molecule has 2 rings (SSSR count). The highest BCUT2D eigenvalue weighted by Gasteiger charge is 1.91. The number of carboxylic acid groups (broad SMARTS) is 1. The summed E-state index contributed by atoms with van der Waals surface area (Å²) in [7, 11) is 0. The molecule has 0 saturated carbocycles. The van der Waals surface area contributed by atoms with Crippen LogP contribution in [0.2, 0.25) is 0 Å². The number of hydrogen-bond acceptors (Lipinski definition) is 2. The van der Waals surface area contributed by atoms with E-state index in [2.05, 4.69) is 0 Å². The summed E-state index contributed by atoms with van der Waals surface area (Å²) in [5, 5.41) is 18.3. The molecule has 0 aliphatic carbocycles. The van der Waals surface area contributed by atoms with E-state index in [1.54, 1.807) is 12.1 Å². The van der Waals surface area contributed by atoms with Gasteiger partial charge in [0.05, 0.1) is 0 Å². The van der Waals surface area contributed by atoms with Gasteiger partial charge in [0.25, 0.3) is 6.47 Å².